The Bertz CT molecular complexity index is 624. The first-order chi connectivity index (χ1) is 9.68. The summed E-state index contributed by atoms with van der Waals surface area (Å²) >= 11 is 0. The zero-order chi connectivity index (χ0) is 14.1. The quantitative estimate of drug-likeness (QED) is 0.908. The zero-order valence-corrected chi connectivity index (χ0v) is 11.5. The predicted molar refractivity (Wildman–Crippen MR) is 80.5 cm³/mol. The van der Waals surface area contributed by atoms with E-state index in [1.54, 1.807) is 0 Å². The maximum Gasteiger partial charge on any atom is 0.248 e. The summed E-state index contributed by atoms with van der Waals surface area (Å²) in [6.07, 6.45) is 0.892. The van der Waals surface area contributed by atoms with Crippen LogP contribution in [0.3, 0.4) is 0 Å². The van der Waals surface area contributed by atoms with E-state index in [1.807, 2.05) is 53.4 Å². The van der Waals surface area contributed by atoms with Crippen LogP contribution in [0.2, 0.25) is 0 Å². The molecule has 0 aromatic heterocycles. The third kappa shape index (κ3) is 2.10. The number of benzene rings is 2. The van der Waals surface area contributed by atoms with Crippen molar-refractivity contribution in [2.75, 3.05) is 4.90 Å². The van der Waals surface area contributed by atoms with Gasteiger partial charge in [-0.1, -0.05) is 48.5 Å². The fraction of sp³-hybridized carbons (Fsp3) is 0.235. The summed E-state index contributed by atoms with van der Waals surface area (Å²) in [5.41, 5.74) is 9.22. The Balaban J connectivity index is 1.91. The number of para-hydroxylation sites is 1. The van der Waals surface area contributed by atoms with Gasteiger partial charge < -0.3 is 10.6 Å². The summed E-state index contributed by atoms with van der Waals surface area (Å²) in [5.74, 6) is -0.0337. The van der Waals surface area contributed by atoms with Gasteiger partial charge in [-0.05, 0) is 30.5 Å². The summed E-state index contributed by atoms with van der Waals surface area (Å²) in [6, 6.07) is 17.1. The first-order valence-electron chi connectivity index (χ1n) is 6.90. The van der Waals surface area contributed by atoms with Gasteiger partial charge in [0.25, 0.3) is 0 Å². The highest BCUT2D eigenvalue weighted by Crippen LogP contribution is 2.33. The third-order valence-electron chi connectivity index (χ3n) is 3.87. The van der Waals surface area contributed by atoms with E-state index in [9.17, 15) is 4.79 Å². The molecular weight excluding hydrogens is 248 g/mol. The number of carbonyl (C=O) groups excluding carboxylic acids is 1. The second-order valence-corrected chi connectivity index (χ2v) is 5.28. The van der Waals surface area contributed by atoms with Crippen molar-refractivity contribution in [3.05, 3.63) is 65.7 Å². The van der Waals surface area contributed by atoms with Crippen LogP contribution in [0.1, 0.15) is 24.1 Å². The van der Waals surface area contributed by atoms with Gasteiger partial charge >= 0.3 is 0 Å². The van der Waals surface area contributed by atoms with Crippen molar-refractivity contribution in [3.63, 3.8) is 0 Å². The van der Waals surface area contributed by atoms with Crippen molar-refractivity contribution < 1.29 is 4.79 Å². The molecule has 0 saturated heterocycles. The van der Waals surface area contributed by atoms with E-state index in [0.717, 1.165) is 17.7 Å². The number of hydrogen-bond donors (Lipinski definition) is 1. The van der Waals surface area contributed by atoms with Gasteiger partial charge in [0.1, 0.15) is 6.04 Å². The first-order valence-corrected chi connectivity index (χ1v) is 6.90. The molecule has 20 heavy (non-hydrogen) atoms. The van der Waals surface area contributed by atoms with Gasteiger partial charge in [-0.3, -0.25) is 4.79 Å². The lowest BCUT2D eigenvalue weighted by molar-refractivity contribution is -0.120. The van der Waals surface area contributed by atoms with Crippen LogP contribution in [0.25, 0.3) is 0 Å². The van der Waals surface area contributed by atoms with E-state index in [4.69, 9.17) is 5.73 Å². The maximum absolute atomic E-state index is 12.7. The van der Waals surface area contributed by atoms with Crippen LogP contribution in [-0.4, -0.2) is 11.9 Å². The fourth-order valence-corrected chi connectivity index (χ4v) is 2.85. The minimum Gasteiger partial charge on any atom is -0.316 e. The number of amides is 1. The molecule has 1 aliphatic heterocycles. The SMILES string of the molecule is CC1Cc2ccccc2N1C(=O)[C@@H](N)c1ccccc1. The summed E-state index contributed by atoms with van der Waals surface area (Å²) in [6.45, 7) is 2.07. The molecule has 1 unspecified atom stereocenters. The second kappa shape index (κ2) is 5.10. The maximum atomic E-state index is 12.7. The van der Waals surface area contributed by atoms with Gasteiger partial charge in [0.05, 0.1) is 0 Å². The molecule has 0 fully saturated rings. The topological polar surface area (TPSA) is 46.3 Å². The first kappa shape index (κ1) is 12.9. The number of anilines is 1. The predicted octanol–water partition coefficient (Wildman–Crippen LogP) is 2.66. The van der Waals surface area contributed by atoms with Crippen molar-refractivity contribution in [3.8, 4) is 0 Å². The lowest BCUT2D eigenvalue weighted by atomic mass is 10.1. The van der Waals surface area contributed by atoms with E-state index in [-0.39, 0.29) is 11.9 Å². The Kier molecular flexibility index (Phi) is 3.28. The Labute approximate surface area is 119 Å². The summed E-state index contributed by atoms with van der Waals surface area (Å²) in [5, 5.41) is 0. The van der Waals surface area contributed by atoms with Crippen molar-refractivity contribution in [2.24, 2.45) is 5.73 Å². The molecule has 0 bridgehead atoms. The van der Waals surface area contributed by atoms with Crippen LogP contribution in [0.5, 0.6) is 0 Å². The minimum atomic E-state index is -0.607. The molecule has 3 rings (SSSR count). The van der Waals surface area contributed by atoms with Crippen LogP contribution in [0.4, 0.5) is 5.69 Å². The Morgan fingerprint density at radius 2 is 1.80 bits per heavy atom. The molecule has 0 aliphatic carbocycles. The van der Waals surface area contributed by atoms with Crippen LogP contribution >= 0.6 is 0 Å². The van der Waals surface area contributed by atoms with E-state index >= 15 is 0 Å². The summed E-state index contributed by atoms with van der Waals surface area (Å²) in [4.78, 5) is 14.6. The largest absolute Gasteiger partial charge is 0.316 e. The molecule has 2 N–H and O–H groups in total. The van der Waals surface area contributed by atoms with Gasteiger partial charge in [0.15, 0.2) is 0 Å². The Morgan fingerprint density at radius 3 is 2.55 bits per heavy atom. The Morgan fingerprint density at radius 1 is 1.15 bits per heavy atom. The van der Waals surface area contributed by atoms with Crippen molar-refractivity contribution in [1.29, 1.82) is 0 Å². The standard InChI is InChI=1S/C17H18N2O/c1-12-11-14-9-5-6-10-15(14)19(12)17(20)16(18)13-7-3-2-4-8-13/h2-10,12,16H,11,18H2,1H3/t12?,16-/m0/s1. The lowest BCUT2D eigenvalue weighted by Gasteiger charge is -2.26. The van der Waals surface area contributed by atoms with E-state index in [0.29, 0.717) is 0 Å². The molecule has 0 saturated carbocycles. The molecule has 1 heterocycles. The summed E-state index contributed by atoms with van der Waals surface area (Å²) in [7, 11) is 0. The molecule has 3 nitrogen and oxygen atoms in total. The molecule has 102 valence electrons. The normalized spacial score (nSPS) is 18.7. The minimum absolute atomic E-state index is 0.0337. The van der Waals surface area contributed by atoms with Gasteiger partial charge in [0.2, 0.25) is 5.91 Å². The number of rotatable bonds is 2. The smallest absolute Gasteiger partial charge is 0.248 e. The monoisotopic (exact) mass is 266 g/mol. The molecule has 1 aliphatic rings. The number of nitrogens with zero attached hydrogens (tertiary/aromatic N) is 1. The molecule has 2 aromatic rings. The van der Waals surface area contributed by atoms with E-state index in [1.165, 1.54) is 5.56 Å². The van der Waals surface area contributed by atoms with Gasteiger partial charge in [-0.25, -0.2) is 0 Å². The molecule has 2 atom stereocenters. The van der Waals surface area contributed by atoms with Crippen molar-refractivity contribution in [1.82, 2.24) is 0 Å². The zero-order valence-electron chi connectivity index (χ0n) is 11.5. The van der Waals surface area contributed by atoms with Crippen LogP contribution in [0, 0.1) is 0 Å². The lowest BCUT2D eigenvalue weighted by Crippen LogP contribution is -2.41. The Hall–Kier alpha value is -2.13. The van der Waals surface area contributed by atoms with Crippen LogP contribution < -0.4 is 10.6 Å². The van der Waals surface area contributed by atoms with Crippen LogP contribution in [-0.2, 0) is 11.2 Å². The third-order valence-corrected chi connectivity index (χ3v) is 3.87. The number of fused-ring (bicyclic) bond motifs is 1. The van der Waals surface area contributed by atoms with Gasteiger partial charge in [-0.15, -0.1) is 0 Å². The molecule has 3 heteroatoms. The number of nitrogens with two attached hydrogens (primary N) is 1. The summed E-state index contributed by atoms with van der Waals surface area (Å²) < 4.78 is 0. The average Bonchev–Trinajstić information content (AvgIpc) is 2.82. The average molecular weight is 266 g/mol. The van der Waals surface area contributed by atoms with Gasteiger partial charge in [0, 0.05) is 11.7 Å². The van der Waals surface area contributed by atoms with Crippen molar-refractivity contribution >= 4 is 11.6 Å². The molecule has 1 amide bonds. The second-order valence-electron chi connectivity index (χ2n) is 5.28. The number of hydrogen-bond acceptors (Lipinski definition) is 2. The fourth-order valence-electron chi connectivity index (χ4n) is 2.85. The van der Waals surface area contributed by atoms with Crippen molar-refractivity contribution in [2.45, 2.75) is 25.4 Å². The number of carbonyl (C=O) groups is 1. The highest BCUT2D eigenvalue weighted by atomic mass is 16.2. The van der Waals surface area contributed by atoms with Crippen LogP contribution in [0.15, 0.2) is 54.6 Å². The van der Waals surface area contributed by atoms with Gasteiger partial charge in [-0.2, -0.15) is 0 Å². The highest BCUT2D eigenvalue weighted by Gasteiger charge is 2.33. The van der Waals surface area contributed by atoms with E-state index < -0.39 is 6.04 Å². The molecule has 0 spiro atoms. The highest BCUT2D eigenvalue weighted by molar-refractivity contribution is 6.00. The molecule has 2 aromatic carbocycles. The molecule has 0 radical (unpaired) electrons. The molecular formula is C17H18N2O. The van der Waals surface area contributed by atoms with E-state index in [2.05, 4.69) is 13.0 Å².